The van der Waals surface area contributed by atoms with Crippen molar-refractivity contribution in [3.8, 4) is 11.5 Å². The zero-order valence-corrected chi connectivity index (χ0v) is 17.1. The molecule has 2 aliphatic rings. The first-order chi connectivity index (χ1) is 14.2. The number of aryl methyl sites for hydroxylation is 1. The number of amides is 1. The van der Waals surface area contributed by atoms with E-state index in [0.717, 1.165) is 13.0 Å². The molecule has 0 saturated carbocycles. The van der Waals surface area contributed by atoms with Gasteiger partial charge in [-0.1, -0.05) is 6.07 Å². The lowest BCUT2D eigenvalue weighted by Gasteiger charge is -2.44. The summed E-state index contributed by atoms with van der Waals surface area (Å²) >= 11 is 0. The normalized spacial score (nSPS) is 21.9. The third-order valence-electron chi connectivity index (χ3n) is 5.64. The number of carbonyl (C=O) groups excluding carboxylic acids is 1. The van der Waals surface area contributed by atoms with Gasteiger partial charge >= 0.3 is 13.1 Å². The van der Waals surface area contributed by atoms with Gasteiger partial charge in [0.2, 0.25) is 5.91 Å². The SMILES string of the molecule is CN(C)C(=O)[C@H]1NCC[C@@H]1N1CC(Oc2ccc(CCB(O)O)c(O)c2C(=O)O)C1. The number of rotatable bonds is 8. The van der Waals surface area contributed by atoms with E-state index >= 15 is 0 Å². The van der Waals surface area contributed by atoms with Crippen molar-refractivity contribution in [2.45, 2.75) is 37.3 Å². The maximum Gasteiger partial charge on any atom is 0.451 e. The highest BCUT2D eigenvalue weighted by Gasteiger charge is 2.43. The predicted molar refractivity (Wildman–Crippen MR) is 109 cm³/mol. The lowest BCUT2D eigenvalue weighted by molar-refractivity contribution is -0.133. The minimum absolute atomic E-state index is 0.0212. The largest absolute Gasteiger partial charge is 0.507 e. The molecule has 0 radical (unpaired) electrons. The van der Waals surface area contributed by atoms with Gasteiger partial charge in [0.05, 0.1) is 0 Å². The lowest BCUT2D eigenvalue weighted by atomic mass is 9.82. The molecule has 30 heavy (non-hydrogen) atoms. The molecule has 3 rings (SSSR count). The number of benzene rings is 1. The molecule has 0 bridgehead atoms. The van der Waals surface area contributed by atoms with Gasteiger partial charge in [-0.3, -0.25) is 9.69 Å². The first kappa shape index (κ1) is 22.4. The number of likely N-dealkylation sites (N-methyl/N-ethyl adjacent to an activating group) is 1. The number of ether oxygens (including phenoxy) is 1. The zero-order valence-electron chi connectivity index (χ0n) is 17.1. The second kappa shape index (κ2) is 9.21. The molecule has 2 atom stereocenters. The van der Waals surface area contributed by atoms with Gasteiger partial charge in [0.1, 0.15) is 29.2 Å². The van der Waals surface area contributed by atoms with Crippen molar-refractivity contribution in [2.24, 2.45) is 0 Å². The van der Waals surface area contributed by atoms with Crippen molar-refractivity contribution in [2.75, 3.05) is 33.7 Å². The Bertz CT molecular complexity index is 799. The molecular weight excluding hydrogens is 393 g/mol. The summed E-state index contributed by atoms with van der Waals surface area (Å²) < 4.78 is 5.84. The van der Waals surface area contributed by atoms with Crippen molar-refractivity contribution in [3.05, 3.63) is 23.3 Å². The second-order valence-electron chi connectivity index (χ2n) is 7.99. The van der Waals surface area contributed by atoms with Crippen LogP contribution < -0.4 is 10.1 Å². The zero-order chi connectivity index (χ0) is 22.0. The molecule has 2 saturated heterocycles. The van der Waals surface area contributed by atoms with Crippen molar-refractivity contribution < 1.29 is 34.6 Å². The summed E-state index contributed by atoms with van der Waals surface area (Å²) in [5.41, 5.74) is -0.0215. The molecule has 164 valence electrons. The Morgan fingerprint density at radius 2 is 2.00 bits per heavy atom. The summed E-state index contributed by atoms with van der Waals surface area (Å²) in [5.74, 6) is -1.64. The van der Waals surface area contributed by atoms with E-state index in [-0.39, 0.29) is 48.1 Å². The molecule has 0 unspecified atom stereocenters. The fourth-order valence-corrected chi connectivity index (χ4v) is 4.01. The molecule has 2 aliphatic heterocycles. The number of likely N-dealkylation sites (tertiary alicyclic amines) is 1. The van der Waals surface area contributed by atoms with Crippen LogP contribution in [0.25, 0.3) is 0 Å². The van der Waals surface area contributed by atoms with E-state index in [9.17, 15) is 19.8 Å². The first-order valence-electron chi connectivity index (χ1n) is 9.98. The summed E-state index contributed by atoms with van der Waals surface area (Å²) in [6.07, 6.45) is 0.705. The summed E-state index contributed by atoms with van der Waals surface area (Å²) in [7, 11) is 1.92. The number of aromatic carboxylic acids is 1. The number of nitrogens with zero attached hydrogens (tertiary/aromatic N) is 2. The van der Waals surface area contributed by atoms with E-state index < -0.39 is 18.8 Å². The highest BCUT2D eigenvalue weighted by Crippen LogP contribution is 2.34. The van der Waals surface area contributed by atoms with Gasteiger partial charge in [-0.2, -0.15) is 0 Å². The minimum atomic E-state index is -1.54. The Kier molecular flexibility index (Phi) is 6.86. The molecule has 2 fully saturated rings. The summed E-state index contributed by atoms with van der Waals surface area (Å²) in [6, 6.07) is 2.82. The van der Waals surface area contributed by atoms with Crippen LogP contribution in [-0.4, -0.2) is 101 Å². The maximum atomic E-state index is 12.3. The van der Waals surface area contributed by atoms with Crippen LogP contribution in [0.1, 0.15) is 22.3 Å². The number of hydrogen-bond donors (Lipinski definition) is 5. The molecule has 0 spiro atoms. The molecule has 5 N–H and O–H groups in total. The third kappa shape index (κ3) is 4.70. The standard InChI is InChI=1S/C19H28BN3O7/c1-22(2)18(25)16-13(6-8-21-16)23-9-12(10-23)30-14-4-3-11(5-7-20(28)29)17(24)15(14)19(26)27/h3-4,12-13,16,21,24,28-29H,5-10H2,1-2H3,(H,26,27)/t13-,16-/m0/s1. The van der Waals surface area contributed by atoms with Crippen LogP contribution in [0.2, 0.25) is 6.32 Å². The van der Waals surface area contributed by atoms with Crippen molar-refractivity contribution in [1.29, 1.82) is 0 Å². The second-order valence-corrected chi connectivity index (χ2v) is 7.99. The molecule has 1 amide bonds. The average Bonchev–Trinajstić information content (AvgIpc) is 3.11. The molecular formula is C19H28BN3O7. The average molecular weight is 421 g/mol. The van der Waals surface area contributed by atoms with Crippen LogP contribution in [0.15, 0.2) is 12.1 Å². The molecule has 2 heterocycles. The first-order valence-corrected chi connectivity index (χ1v) is 9.98. The Balaban J connectivity index is 1.64. The van der Waals surface area contributed by atoms with E-state index in [0.29, 0.717) is 18.7 Å². The lowest BCUT2D eigenvalue weighted by Crippen LogP contribution is -2.62. The van der Waals surface area contributed by atoms with Gasteiger partial charge in [0.25, 0.3) is 0 Å². The summed E-state index contributed by atoms with van der Waals surface area (Å²) in [6.45, 7) is 1.88. The van der Waals surface area contributed by atoms with Gasteiger partial charge < -0.3 is 35.2 Å². The van der Waals surface area contributed by atoms with Crippen LogP contribution in [0.4, 0.5) is 0 Å². The van der Waals surface area contributed by atoms with Gasteiger partial charge in [-0.05, 0) is 37.3 Å². The van der Waals surface area contributed by atoms with E-state index in [2.05, 4.69) is 10.2 Å². The Morgan fingerprint density at radius 1 is 1.30 bits per heavy atom. The molecule has 1 aromatic carbocycles. The van der Waals surface area contributed by atoms with Gasteiger partial charge in [0, 0.05) is 33.2 Å². The van der Waals surface area contributed by atoms with E-state index in [4.69, 9.17) is 14.8 Å². The number of carbonyl (C=O) groups is 2. The summed E-state index contributed by atoms with van der Waals surface area (Å²) in [5, 5.41) is 41.1. The van der Waals surface area contributed by atoms with Crippen molar-refractivity contribution in [1.82, 2.24) is 15.1 Å². The fourth-order valence-electron chi connectivity index (χ4n) is 4.01. The quantitative estimate of drug-likeness (QED) is 0.334. The summed E-state index contributed by atoms with van der Waals surface area (Å²) in [4.78, 5) is 27.7. The van der Waals surface area contributed by atoms with Gasteiger partial charge in [0.15, 0.2) is 0 Å². The van der Waals surface area contributed by atoms with E-state index in [1.165, 1.54) is 12.1 Å². The topological polar surface area (TPSA) is 143 Å². The Labute approximate surface area is 175 Å². The smallest absolute Gasteiger partial charge is 0.451 e. The number of carboxylic acids is 1. The van der Waals surface area contributed by atoms with Crippen LogP contribution >= 0.6 is 0 Å². The van der Waals surface area contributed by atoms with Crippen molar-refractivity contribution in [3.63, 3.8) is 0 Å². The Hall–Kier alpha value is -2.34. The van der Waals surface area contributed by atoms with Crippen LogP contribution in [0.3, 0.4) is 0 Å². The van der Waals surface area contributed by atoms with Crippen LogP contribution in [-0.2, 0) is 11.2 Å². The monoisotopic (exact) mass is 421 g/mol. The van der Waals surface area contributed by atoms with E-state index in [1.807, 2.05) is 0 Å². The highest BCUT2D eigenvalue weighted by atomic mass is 16.5. The molecule has 0 aliphatic carbocycles. The minimum Gasteiger partial charge on any atom is -0.507 e. The number of carboxylic acid groups (broad SMARTS) is 1. The predicted octanol–water partition coefficient (Wildman–Crippen LogP) is -1.01. The molecule has 11 heteroatoms. The van der Waals surface area contributed by atoms with Gasteiger partial charge in [-0.15, -0.1) is 0 Å². The van der Waals surface area contributed by atoms with E-state index in [1.54, 1.807) is 19.0 Å². The Morgan fingerprint density at radius 3 is 2.60 bits per heavy atom. The number of phenols is 1. The molecule has 10 nitrogen and oxygen atoms in total. The van der Waals surface area contributed by atoms with Gasteiger partial charge in [-0.25, -0.2) is 4.79 Å². The highest BCUT2D eigenvalue weighted by molar-refractivity contribution is 6.41. The molecule has 1 aromatic rings. The van der Waals surface area contributed by atoms with Crippen LogP contribution in [0.5, 0.6) is 11.5 Å². The number of aromatic hydroxyl groups is 1. The maximum absolute atomic E-state index is 12.3. The van der Waals surface area contributed by atoms with Crippen molar-refractivity contribution >= 4 is 19.0 Å². The molecule has 0 aromatic heterocycles. The van der Waals surface area contributed by atoms with Crippen LogP contribution in [0, 0.1) is 0 Å². The number of hydrogen-bond acceptors (Lipinski definition) is 8. The fraction of sp³-hybridized carbons (Fsp3) is 0.579. The number of nitrogens with one attached hydrogen (secondary N) is 1. The third-order valence-corrected chi connectivity index (χ3v) is 5.64.